The number of hydroxylamine groups is 1. The van der Waals surface area contributed by atoms with E-state index in [0.29, 0.717) is 10.8 Å². The highest BCUT2D eigenvalue weighted by Gasteiger charge is 2.12. The van der Waals surface area contributed by atoms with Crippen LogP contribution in [0.4, 0.5) is 0 Å². The molecule has 0 aliphatic rings. The predicted molar refractivity (Wildman–Crippen MR) is 65.9 cm³/mol. The zero-order valence-electron chi connectivity index (χ0n) is 10.1. The highest BCUT2D eigenvalue weighted by Crippen LogP contribution is 2.15. The van der Waals surface area contributed by atoms with Gasteiger partial charge in [-0.2, -0.15) is 0 Å². The lowest BCUT2D eigenvalue weighted by atomic mass is 10.2. The van der Waals surface area contributed by atoms with E-state index >= 15 is 0 Å². The van der Waals surface area contributed by atoms with Gasteiger partial charge >= 0.3 is 0 Å². The number of ether oxygens (including phenoxy) is 1. The fraction of sp³-hybridized carbons (Fsp3) is 0.417. The Morgan fingerprint density at radius 2 is 1.88 bits per heavy atom. The van der Waals surface area contributed by atoms with E-state index in [2.05, 4.69) is 5.48 Å². The van der Waals surface area contributed by atoms with Gasteiger partial charge in [-0.05, 0) is 45.0 Å². The molecule has 17 heavy (non-hydrogen) atoms. The first-order chi connectivity index (χ1) is 7.87. The van der Waals surface area contributed by atoms with E-state index in [1.165, 1.54) is 0 Å². The van der Waals surface area contributed by atoms with E-state index in [-0.39, 0.29) is 12.5 Å². The molecule has 0 saturated heterocycles. The SMILES string of the molecule is CC(C)(C)ONC(=O)COc1ccc(Cl)cc1. The summed E-state index contributed by atoms with van der Waals surface area (Å²) in [5, 5.41) is 0.623. The quantitative estimate of drug-likeness (QED) is 0.844. The molecule has 0 bridgehead atoms. The zero-order valence-corrected chi connectivity index (χ0v) is 10.9. The van der Waals surface area contributed by atoms with Crippen molar-refractivity contribution in [3.8, 4) is 5.75 Å². The normalized spacial score (nSPS) is 11.1. The Morgan fingerprint density at radius 1 is 1.29 bits per heavy atom. The molecule has 0 unspecified atom stereocenters. The van der Waals surface area contributed by atoms with Crippen molar-refractivity contribution < 1.29 is 14.4 Å². The second-order valence-electron chi connectivity index (χ2n) is 4.48. The number of amides is 1. The van der Waals surface area contributed by atoms with Crippen molar-refractivity contribution in [2.24, 2.45) is 0 Å². The standard InChI is InChI=1S/C12H16ClNO3/c1-12(2,3)17-14-11(15)8-16-10-6-4-9(13)5-7-10/h4-7H,8H2,1-3H3,(H,14,15). The largest absolute Gasteiger partial charge is 0.484 e. The molecule has 0 fully saturated rings. The van der Waals surface area contributed by atoms with Crippen LogP contribution < -0.4 is 10.2 Å². The van der Waals surface area contributed by atoms with Gasteiger partial charge in [0.2, 0.25) is 0 Å². The molecule has 0 aliphatic carbocycles. The van der Waals surface area contributed by atoms with Crippen molar-refractivity contribution >= 4 is 17.5 Å². The summed E-state index contributed by atoms with van der Waals surface area (Å²) in [6, 6.07) is 6.78. The van der Waals surface area contributed by atoms with Crippen LogP contribution in [0, 0.1) is 0 Å². The minimum atomic E-state index is -0.421. The van der Waals surface area contributed by atoms with Crippen molar-refractivity contribution in [1.29, 1.82) is 0 Å². The van der Waals surface area contributed by atoms with Crippen LogP contribution in [0.1, 0.15) is 20.8 Å². The molecular formula is C12H16ClNO3. The van der Waals surface area contributed by atoms with E-state index in [1.54, 1.807) is 24.3 Å². The molecule has 1 rings (SSSR count). The number of carbonyl (C=O) groups excluding carboxylic acids is 1. The molecule has 0 spiro atoms. The van der Waals surface area contributed by atoms with Crippen LogP contribution in [0.15, 0.2) is 24.3 Å². The van der Waals surface area contributed by atoms with Crippen molar-refractivity contribution in [1.82, 2.24) is 5.48 Å². The van der Waals surface area contributed by atoms with Crippen LogP contribution in [0.25, 0.3) is 0 Å². The molecule has 1 amide bonds. The fourth-order valence-electron chi connectivity index (χ4n) is 0.919. The van der Waals surface area contributed by atoms with Crippen LogP contribution in [0.2, 0.25) is 5.02 Å². The first-order valence-electron chi connectivity index (χ1n) is 5.22. The van der Waals surface area contributed by atoms with Gasteiger partial charge in [0.1, 0.15) is 5.75 Å². The Labute approximate surface area is 106 Å². The molecule has 0 aromatic heterocycles. The lowest BCUT2D eigenvalue weighted by Gasteiger charge is -2.18. The van der Waals surface area contributed by atoms with Gasteiger partial charge in [-0.3, -0.25) is 9.63 Å². The second-order valence-corrected chi connectivity index (χ2v) is 4.92. The maximum atomic E-state index is 11.3. The molecule has 94 valence electrons. The number of hydrogen-bond acceptors (Lipinski definition) is 3. The lowest BCUT2D eigenvalue weighted by molar-refractivity contribution is -0.147. The Bertz CT molecular complexity index is 370. The summed E-state index contributed by atoms with van der Waals surface area (Å²) in [6.45, 7) is 5.42. The van der Waals surface area contributed by atoms with E-state index < -0.39 is 5.60 Å². The number of halogens is 1. The van der Waals surface area contributed by atoms with Gasteiger partial charge in [0.15, 0.2) is 6.61 Å². The second kappa shape index (κ2) is 5.89. The minimum absolute atomic E-state index is 0.0995. The molecule has 1 aromatic carbocycles. The van der Waals surface area contributed by atoms with Gasteiger partial charge in [0.05, 0.1) is 5.60 Å². The van der Waals surface area contributed by atoms with Crippen molar-refractivity contribution in [3.63, 3.8) is 0 Å². The number of nitrogens with one attached hydrogen (secondary N) is 1. The van der Waals surface area contributed by atoms with Gasteiger partial charge in [-0.15, -0.1) is 0 Å². The van der Waals surface area contributed by atoms with Crippen LogP contribution in [0.3, 0.4) is 0 Å². The molecule has 0 radical (unpaired) electrons. The molecule has 0 atom stereocenters. The van der Waals surface area contributed by atoms with Crippen molar-refractivity contribution in [2.75, 3.05) is 6.61 Å². The third-order valence-corrected chi connectivity index (χ3v) is 1.91. The topological polar surface area (TPSA) is 47.6 Å². The molecule has 0 heterocycles. The molecule has 4 nitrogen and oxygen atoms in total. The maximum Gasteiger partial charge on any atom is 0.281 e. The third kappa shape index (κ3) is 6.14. The summed E-state index contributed by atoms with van der Waals surface area (Å²) < 4.78 is 5.24. The molecule has 1 N–H and O–H groups in total. The molecule has 0 saturated carbocycles. The van der Waals surface area contributed by atoms with Crippen molar-refractivity contribution in [3.05, 3.63) is 29.3 Å². The average Bonchev–Trinajstić information content (AvgIpc) is 2.25. The fourth-order valence-corrected chi connectivity index (χ4v) is 1.05. The smallest absolute Gasteiger partial charge is 0.281 e. The Morgan fingerprint density at radius 3 is 2.41 bits per heavy atom. The highest BCUT2D eigenvalue weighted by atomic mass is 35.5. The number of carbonyl (C=O) groups is 1. The Balaban J connectivity index is 2.31. The zero-order chi connectivity index (χ0) is 12.9. The summed E-state index contributed by atoms with van der Waals surface area (Å²) in [4.78, 5) is 16.4. The van der Waals surface area contributed by atoms with Gasteiger partial charge in [-0.1, -0.05) is 11.6 Å². The molecule has 5 heteroatoms. The van der Waals surface area contributed by atoms with E-state index in [0.717, 1.165) is 0 Å². The van der Waals surface area contributed by atoms with Crippen LogP contribution in [-0.4, -0.2) is 18.1 Å². The Kier molecular flexibility index (Phi) is 4.78. The van der Waals surface area contributed by atoms with E-state index in [9.17, 15) is 4.79 Å². The minimum Gasteiger partial charge on any atom is -0.484 e. The Hall–Kier alpha value is -1.26. The van der Waals surface area contributed by atoms with Gasteiger partial charge in [0.25, 0.3) is 5.91 Å². The summed E-state index contributed by atoms with van der Waals surface area (Å²) in [6.07, 6.45) is 0. The molecular weight excluding hydrogens is 242 g/mol. The number of benzene rings is 1. The highest BCUT2D eigenvalue weighted by molar-refractivity contribution is 6.30. The van der Waals surface area contributed by atoms with Gasteiger partial charge in [-0.25, -0.2) is 5.48 Å². The van der Waals surface area contributed by atoms with Crippen LogP contribution >= 0.6 is 11.6 Å². The monoisotopic (exact) mass is 257 g/mol. The molecule has 0 aliphatic heterocycles. The first-order valence-corrected chi connectivity index (χ1v) is 5.60. The average molecular weight is 258 g/mol. The van der Waals surface area contributed by atoms with Crippen LogP contribution in [0.5, 0.6) is 5.75 Å². The molecule has 1 aromatic rings. The number of rotatable bonds is 4. The summed E-state index contributed by atoms with van der Waals surface area (Å²) >= 11 is 5.72. The summed E-state index contributed by atoms with van der Waals surface area (Å²) in [5.41, 5.74) is 1.89. The predicted octanol–water partition coefficient (Wildman–Crippen LogP) is 2.57. The summed E-state index contributed by atoms with van der Waals surface area (Å²) in [7, 11) is 0. The van der Waals surface area contributed by atoms with Crippen molar-refractivity contribution in [2.45, 2.75) is 26.4 Å². The third-order valence-electron chi connectivity index (χ3n) is 1.65. The first kappa shape index (κ1) is 13.8. The maximum absolute atomic E-state index is 11.3. The summed E-state index contributed by atoms with van der Waals surface area (Å²) in [5.74, 6) is 0.246. The van der Waals surface area contributed by atoms with Gasteiger partial charge < -0.3 is 4.74 Å². The van der Waals surface area contributed by atoms with E-state index in [4.69, 9.17) is 21.2 Å². The number of hydrogen-bond donors (Lipinski definition) is 1. The lowest BCUT2D eigenvalue weighted by Crippen LogP contribution is -2.36. The van der Waals surface area contributed by atoms with Crippen LogP contribution in [-0.2, 0) is 9.63 Å². The van der Waals surface area contributed by atoms with E-state index in [1.807, 2.05) is 20.8 Å². The van der Waals surface area contributed by atoms with Gasteiger partial charge in [0, 0.05) is 5.02 Å².